The van der Waals surface area contributed by atoms with Gasteiger partial charge in [0.2, 0.25) is 0 Å². The van der Waals surface area contributed by atoms with Crippen molar-refractivity contribution in [1.29, 1.82) is 0 Å². The molecule has 0 saturated carbocycles. The Morgan fingerprint density at radius 2 is 0.818 bits per heavy atom. The van der Waals surface area contributed by atoms with Crippen LogP contribution in [0.4, 0.5) is 0 Å². The Labute approximate surface area is 210 Å². The lowest BCUT2D eigenvalue weighted by Gasteiger charge is -2.39. The van der Waals surface area contributed by atoms with Gasteiger partial charge in [0.25, 0.3) is 0 Å². The van der Waals surface area contributed by atoms with Crippen LogP contribution in [0.25, 0.3) is 0 Å². The quantitative estimate of drug-likeness (QED) is 0.247. The Kier molecular flexibility index (Phi) is 7.10. The summed E-state index contributed by atoms with van der Waals surface area (Å²) in [4.78, 5) is 2.05. The Morgan fingerprint density at radius 1 is 0.515 bits per heavy atom. The van der Waals surface area contributed by atoms with Crippen molar-refractivity contribution >= 4 is 55.2 Å². The van der Waals surface area contributed by atoms with Crippen molar-refractivity contribution in [2.24, 2.45) is 0 Å². The lowest BCUT2D eigenvalue weighted by molar-refractivity contribution is 0.508. The summed E-state index contributed by atoms with van der Waals surface area (Å²) in [7, 11) is -6.93. The first-order valence-corrected chi connectivity index (χ1v) is 13.9. The van der Waals surface area contributed by atoms with E-state index in [4.69, 9.17) is 38.4 Å². The highest BCUT2D eigenvalue weighted by Crippen LogP contribution is 2.70. The van der Waals surface area contributed by atoms with Gasteiger partial charge in [-0.1, -0.05) is 52.5 Å². The molecule has 0 aliphatic rings. The fourth-order valence-electron chi connectivity index (χ4n) is 3.28. The maximum atomic E-state index is 13.6. The van der Waals surface area contributed by atoms with Crippen molar-refractivity contribution < 1.29 is 12.0 Å². The number of benzene rings is 4. The van der Waals surface area contributed by atoms with Crippen molar-refractivity contribution in [2.45, 2.75) is 26.5 Å². The summed E-state index contributed by atoms with van der Waals surface area (Å²) in [5.74, 6) is 0. The van der Waals surface area contributed by atoms with Gasteiger partial charge in [0.05, 0.1) is 4.90 Å². The molecule has 0 fully saturated rings. The molecule has 170 valence electrons. The van der Waals surface area contributed by atoms with E-state index in [1.54, 1.807) is 97.1 Å². The Bertz CT molecular complexity index is 1240. The van der Waals surface area contributed by atoms with E-state index in [0.29, 0.717) is 29.8 Å². The van der Waals surface area contributed by atoms with E-state index >= 15 is 0 Å². The summed E-state index contributed by atoms with van der Waals surface area (Å²) >= 11 is 18.5. The fraction of sp³-hybridized carbons (Fsp3) is 0.0400. The minimum atomic E-state index is -4.17. The zero-order valence-electron chi connectivity index (χ0n) is 17.4. The van der Waals surface area contributed by atoms with E-state index < -0.39 is 20.4 Å². The number of rotatable bonds is 6. The van der Waals surface area contributed by atoms with Crippen molar-refractivity contribution in [3.63, 3.8) is 0 Å². The second-order valence-electron chi connectivity index (χ2n) is 7.25. The molecule has 0 amide bonds. The second kappa shape index (κ2) is 9.71. The predicted molar refractivity (Wildman–Crippen MR) is 136 cm³/mol. The molecule has 0 atom stereocenters. The van der Waals surface area contributed by atoms with Crippen molar-refractivity contribution in [2.75, 3.05) is 0 Å². The van der Waals surface area contributed by atoms with Crippen LogP contribution < -0.4 is 0 Å². The molecule has 0 radical (unpaired) electrons. The van der Waals surface area contributed by atoms with Gasteiger partial charge in [0.1, 0.15) is 0 Å². The molecule has 4 aromatic rings. The number of halogens is 3. The molecule has 4 rings (SSSR count). The maximum absolute atomic E-state index is 13.6. The van der Waals surface area contributed by atoms with Gasteiger partial charge in [0.15, 0.2) is 0 Å². The smallest absolute Gasteiger partial charge is 0.203 e. The van der Waals surface area contributed by atoms with Gasteiger partial charge in [0, 0.05) is 29.8 Å². The van der Waals surface area contributed by atoms with Gasteiger partial charge in [-0.15, -0.1) is 0 Å². The van der Waals surface area contributed by atoms with Gasteiger partial charge in [-0.05, 0) is 102 Å². The first kappa shape index (κ1) is 24.1. The van der Waals surface area contributed by atoms with E-state index in [1.807, 2.05) is 6.92 Å². The molecular formula is C25H19Cl3O3S2. The minimum Gasteiger partial charge on any atom is -0.203 e. The van der Waals surface area contributed by atoms with Crippen molar-refractivity contribution in [3.05, 3.63) is 118 Å². The van der Waals surface area contributed by atoms with E-state index in [9.17, 15) is 8.42 Å². The van der Waals surface area contributed by atoms with Crippen LogP contribution in [-0.2, 0) is 13.7 Å². The summed E-state index contributed by atoms with van der Waals surface area (Å²) in [6.07, 6.45) is 0. The van der Waals surface area contributed by atoms with Gasteiger partial charge in [-0.25, -0.2) is 3.63 Å². The van der Waals surface area contributed by atoms with Crippen LogP contribution in [0.5, 0.6) is 0 Å². The van der Waals surface area contributed by atoms with Crippen molar-refractivity contribution in [3.8, 4) is 0 Å². The maximum Gasteiger partial charge on any atom is 0.307 e. The zero-order chi connectivity index (χ0) is 23.6. The number of aryl methyl sites for hydroxylation is 1. The average molecular weight is 538 g/mol. The van der Waals surface area contributed by atoms with Crippen LogP contribution in [-0.4, -0.2) is 8.42 Å². The molecule has 0 N–H and O–H groups in total. The zero-order valence-corrected chi connectivity index (χ0v) is 21.3. The highest BCUT2D eigenvalue weighted by Gasteiger charge is 2.38. The standard InChI is InChI=1S/C25H19Cl3O3S2/c1-18-2-10-25(11-3-18)33(29,30)31-32(22-12-4-19(26)5-13-22,23-14-6-20(27)7-15-23)24-16-8-21(28)9-17-24/h2-17H,1H3. The molecule has 3 nitrogen and oxygen atoms in total. The number of hydrogen-bond acceptors (Lipinski definition) is 3. The van der Waals surface area contributed by atoms with Gasteiger partial charge in [-0.2, -0.15) is 8.42 Å². The van der Waals surface area contributed by atoms with Gasteiger partial charge in [-0.3, -0.25) is 0 Å². The first-order valence-electron chi connectivity index (χ1n) is 9.84. The van der Waals surface area contributed by atoms with Crippen molar-refractivity contribution in [1.82, 2.24) is 0 Å². The normalized spacial score (nSPS) is 12.5. The molecule has 0 bridgehead atoms. The molecule has 0 unspecified atom stereocenters. The summed E-state index contributed by atoms with van der Waals surface area (Å²) in [5.41, 5.74) is 0.945. The summed E-state index contributed by atoms with van der Waals surface area (Å²) in [6.45, 7) is 1.89. The minimum absolute atomic E-state index is 0.0712. The molecule has 0 heterocycles. The average Bonchev–Trinajstić information content (AvgIpc) is 2.79. The summed E-state index contributed by atoms with van der Waals surface area (Å²) in [5, 5.41) is 1.59. The lowest BCUT2D eigenvalue weighted by Crippen LogP contribution is -2.14. The largest absolute Gasteiger partial charge is 0.307 e. The molecule has 0 aliphatic carbocycles. The van der Waals surface area contributed by atoms with Crippen LogP contribution in [0.1, 0.15) is 5.56 Å². The first-order chi connectivity index (χ1) is 15.7. The van der Waals surface area contributed by atoms with Crippen LogP contribution in [0.2, 0.25) is 15.1 Å². The Balaban J connectivity index is 2.02. The molecule has 8 heteroatoms. The third-order valence-electron chi connectivity index (χ3n) is 4.94. The van der Waals surface area contributed by atoms with Crippen LogP contribution >= 0.6 is 45.1 Å². The molecule has 0 aliphatic heterocycles. The Morgan fingerprint density at radius 3 is 1.15 bits per heavy atom. The van der Waals surface area contributed by atoms with Crippen LogP contribution in [0.3, 0.4) is 0 Å². The van der Waals surface area contributed by atoms with Crippen LogP contribution in [0.15, 0.2) is 117 Å². The highest BCUT2D eigenvalue weighted by atomic mass is 35.5. The fourth-order valence-corrected chi connectivity index (χ4v) is 8.84. The van der Waals surface area contributed by atoms with E-state index in [1.165, 1.54) is 0 Å². The summed E-state index contributed by atoms with van der Waals surface area (Å²) in [6, 6.07) is 27.5. The molecule has 0 saturated heterocycles. The van der Waals surface area contributed by atoms with Gasteiger partial charge >= 0.3 is 10.1 Å². The van der Waals surface area contributed by atoms with E-state index in [2.05, 4.69) is 0 Å². The Hall–Kier alpha value is -1.99. The highest BCUT2D eigenvalue weighted by molar-refractivity contribution is 8.33. The third kappa shape index (κ3) is 5.09. The van der Waals surface area contributed by atoms with E-state index in [-0.39, 0.29) is 4.90 Å². The molecule has 4 aromatic carbocycles. The molecule has 33 heavy (non-hydrogen) atoms. The van der Waals surface area contributed by atoms with Crippen LogP contribution in [0, 0.1) is 6.92 Å². The lowest BCUT2D eigenvalue weighted by atomic mass is 10.2. The van der Waals surface area contributed by atoms with E-state index in [0.717, 1.165) is 5.56 Å². The molecule has 0 aromatic heterocycles. The molecule has 0 spiro atoms. The monoisotopic (exact) mass is 536 g/mol. The second-order valence-corrected chi connectivity index (χ2v) is 13.0. The number of hydrogen-bond donors (Lipinski definition) is 0. The van der Waals surface area contributed by atoms with Gasteiger partial charge < -0.3 is 0 Å². The third-order valence-corrected chi connectivity index (χ3v) is 10.9. The summed E-state index contributed by atoms with van der Waals surface area (Å²) < 4.78 is 33.5. The SMILES string of the molecule is Cc1ccc(S(=O)(=O)OS(c2ccc(Cl)cc2)(c2ccc(Cl)cc2)c2ccc(Cl)cc2)cc1. The topological polar surface area (TPSA) is 43.4 Å². The predicted octanol–water partition coefficient (Wildman–Crippen LogP) is 8.56. The molecular weight excluding hydrogens is 519 g/mol.